The molecule has 0 atom stereocenters. The number of aromatic carboxylic acids is 1. The van der Waals surface area contributed by atoms with Gasteiger partial charge in [-0.25, -0.2) is 4.79 Å². The van der Waals surface area contributed by atoms with Crippen molar-refractivity contribution in [2.45, 2.75) is 0 Å². The van der Waals surface area contributed by atoms with Gasteiger partial charge in [0, 0.05) is 16.8 Å². The molecule has 0 aliphatic rings. The van der Waals surface area contributed by atoms with Crippen LogP contribution in [0.3, 0.4) is 0 Å². The second kappa shape index (κ2) is 6.89. The summed E-state index contributed by atoms with van der Waals surface area (Å²) in [6.45, 7) is 0. The van der Waals surface area contributed by atoms with E-state index in [4.69, 9.17) is 5.73 Å². The second-order valence-electron chi connectivity index (χ2n) is 5.77. The summed E-state index contributed by atoms with van der Waals surface area (Å²) in [7, 11) is 0. The van der Waals surface area contributed by atoms with E-state index < -0.39 is 5.97 Å². The average Bonchev–Trinajstić information content (AvgIpc) is 2.61. The molecule has 0 radical (unpaired) electrons. The molecule has 0 aliphatic carbocycles. The Morgan fingerprint density at radius 1 is 0.760 bits per heavy atom. The van der Waals surface area contributed by atoms with E-state index in [1.54, 1.807) is 6.07 Å². The van der Waals surface area contributed by atoms with Crippen LogP contribution in [0.1, 0.15) is 11.8 Å². The summed E-state index contributed by atoms with van der Waals surface area (Å²) in [5.74, 6) is -0.955. The first-order valence-corrected chi connectivity index (χ1v) is 7.69. The molecule has 0 saturated heterocycles. The molecular formula is C21H16NNaO2. The van der Waals surface area contributed by atoms with Gasteiger partial charge >= 0.3 is 35.5 Å². The SMILES string of the molecule is Nc1ccc2ccccc2c1-c1c(C(=O)O)ccc2ccccc12.[H-].[Na+]. The van der Waals surface area contributed by atoms with E-state index in [1.807, 2.05) is 66.7 Å². The van der Waals surface area contributed by atoms with Gasteiger partial charge in [-0.15, -0.1) is 0 Å². The summed E-state index contributed by atoms with van der Waals surface area (Å²) < 4.78 is 0. The molecule has 0 aromatic heterocycles. The molecular weight excluding hydrogens is 321 g/mol. The number of nitrogen functional groups attached to an aromatic ring is 1. The molecule has 0 aliphatic heterocycles. The van der Waals surface area contributed by atoms with Gasteiger partial charge in [0.15, 0.2) is 0 Å². The molecule has 0 fully saturated rings. The Morgan fingerprint density at radius 3 is 1.88 bits per heavy atom. The van der Waals surface area contributed by atoms with Crippen LogP contribution in [0.5, 0.6) is 0 Å². The first kappa shape index (κ1) is 17.5. The molecule has 0 amide bonds. The van der Waals surface area contributed by atoms with E-state index in [9.17, 15) is 9.90 Å². The van der Waals surface area contributed by atoms with Crippen LogP contribution in [-0.2, 0) is 0 Å². The van der Waals surface area contributed by atoms with E-state index in [-0.39, 0.29) is 36.5 Å². The monoisotopic (exact) mass is 337 g/mol. The number of hydrogen-bond donors (Lipinski definition) is 2. The summed E-state index contributed by atoms with van der Waals surface area (Å²) in [5, 5.41) is 13.6. The summed E-state index contributed by atoms with van der Waals surface area (Å²) in [6, 6.07) is 23.0. The van der Waals surface area contributed by atoms with E-state index >= 15 is 0 Å². The number of carbonyl (C=O) groups is 1. The van der Waals surface area contributed by atoms with Crippen LogP contribution in [0.4, 0.5) is 5.69 Å². The van der Waals surface area contributed by atoms with Gasteiger partial charge in [-0.05, 0) is 33.7 Å². The molecule has 0 bridgehead atoms. The molecule has 0 saturated carbocycles. The third kappa shape index (κ3) is 2.91. The fraction of sp³-hybridized carbons (Fsp3) is 0. The fourth-order valence-corrected chi connectivity index (χ4v) is 3.29. The number of rotatable bonds is 2. The molecule has 4 heteroatoms. The van der Waals surface area contributed by atoms with Gasteiger partial charge in [0.05, 0.1) is 5.56 Å². The maximum atomic E-state index is 11.8. The van der Waals surface area contributed by atoms with Gasteiger partial charge in [-0.3, -0.25) is 0 Å². The van der Waals surface area contributed by atoms with Gasteiger partial charge in [0.25, 0.3) is 0 Å². The molecule has 4 aromatic rings. The van der Waals surface area contributed by atoms with Crippen LogP contribution >= 0.6 is 0 Å². The minimum absolute atomic E-state index is 0. The molecule has 0 spiro atoms. The van der Waals surface area contributed by atoms with Crippen molar-refractivity contribution in [3.8, 4) is 11.1 Å². The van der Waals surface area contributed by atoms with Gasteiger partial charge in [0.2, 0.25) is 0 Å². The van der Waals surface area contributed by atoms with E-state index in [1.165, 1.54) is 0 Å². The number of carboxylic acids is 1. The van der Waals surface area contributed by atoms with Crippen molar-refractivity contribution >= 4 is 33.2 Å². The maximum Gasteiger partial charge on any atom is 1.00 e. The summed E-state index contributed by atoms with van der Waals surface area (Å²) in [5.41, 5.74) is 8.58. The summed E-state index contributed by atoms with van der Waals surface area (Å²) in [6.07, 6.45) is 0. The largest absolute Gasteiger partial charge is 1.00 e. The normalized spacial score (nSPS) is 10.6. The van der Waals surface area contributed by atoms with Crippen LogP contribution in [0.2, 0.25) is 0 Å². The Hall–Kier alpha value is -2.33. The van der Waals surface area contributed by atoms with E-state index in [2.05, 4.69) is 0 Å². The molecule has 4 rings (SSSR count). The van der Waals surface area contributed by atoms with Crippen molar-refractivity contribution in [2.24, 2.45) is 0 Å². The Morgan fingerprint density at radius 2 is 1.28 bits per heavy atom. The van der Waals surface area contributed by atoms with Crippen molar-refractivity contribution in [1.82, 2.24) is 0 Å². The van der Waals surface area contributed by atoms with Crippen molar-refractivity contribution in [3.63, 3.8) is 0 Å². The molecule has 3 N–H and O–H groups in total. The zero-order chi connectivity index (χ0) is 16.7. The fourth-order valence-electron chi connectivity index (χ4n) is 3.29. The van der Waals surface area contributed by atoms with Crippen molar-refractivity contribution < 1.29 is 40.9 Å². The smallest absolute Gasteiger partial charge is 1.00 e. The minimum atomic E-state index is -0.955. The predicted molar refractivity (Wildman–Crippen MR) is 99.4 cm³/mol. The number of benzene rings is 4. The van der Waals surface area contributed by atoms with Gasteiger partial charge < -0.3 is 12.3 Å². The topological polar surface area (TPSA) is 63.3 Å². The number of carboxylic acid groups (broad SMARTS) is 1. The Labute approximate surface area is 168 Å². The van der Waals surface area contributed by atoms with E-state index in [0.717, 1.165) is 27.1 Å². The van der Waals surface area contributed by atoms with E-state index in [0.29, 0.717) is 11.3 Å². The zero-order valence-corrected chi connectivity index (χ0v) is 15.9. The maximum absolute atomic E-state index is 11.8. The number of fused-ring (bicyclic) bond motifs is 2. The van der Waals surface area contributed by atoms with Gasteiger partial charge in [-0.1, -0.05) is 60.7 Å². The Bertz CT molecular complexity index is 1110. The van der Waals surface area contributed by atoms with Crippen LogP contribution in [0, 0.1) is 0 Å². The molecule has 0 heterocycles. The quantitative estimate of drug-likeness (QED) is 0.435. The third-order valence-corrected chi connectivity index (χ3v) is 4.37. The first-order chi connectivity index (χ1) is 11.7. The van der Waals surface area contributed by atoms with Crippen LogP contribution in [0.25, 0.3) is 32.7 Å². The zero-order valence-electron chi connectivity index (χ0n) is 14.9. The Balaban J connectivity index is 0.00000121. The Kier molecular flexibility index (Phi) is 4.82. The first-order valence-electron chi connectivity index (χ1n) is 7.69. The molecule has 25 heavy (non-hydrogen) atoms. The van der Waals surface area contributed by atoms with Crippen LogP contribution in [0.15, 0.2) is 72.8 Å². The second-order valence-corrected chi connectivity index (χ2v) is 5.77. The standard InChI is InChI=1S/C21H15NO2.Na.H/c22-18-12-10-14-6-2-4-8-16(14)20(18)19-15-7-3-1-5-13(15)9-11-17(19)21(23)24;;/h1-12H,22H2,(H,23,24);;/q;+1;-1. The summed E-state index contributed by atoms with van der Waals surface area (Å²) >= 11 is 0. The van der Waals surface area contributed by atoms with Crippen molar-refractivity contribution in [3.05, 3.63) is 78.4 Å². The van der Waals surface area contributed by atoms with Gasteiger partial charge in [-0.2, -0.15) is 0 Å². The van der Waals surface area contributed by atoms with Crippen molar-refractivity contribution in [1.29, 1.82) is 0 Å². The minimum Gasteiger partial charge on any atom is -1.00 e. The van der Waals surface area contributed by atoms with Crippen molar-refractivity contribution in [2.75, 3.05) is 5.73 Å². The van der Waals surface area contributed by atoms with Crippen LogP contribution in [-0.4, -0.2) is 11.1 Å². The number of hydrogen-bond acceptors (Lipinski definition) is 2. The molecule has 3 nitrogen and oxygen atoms in total. The predicted octanol–water partition coefficient (Wildman–Crippen LogP) is 2.06. The molecule has 4 aromatic carbocycles. The third-order valence-electron chi connectivity index (χ3n) is 4.37. The molecule has 118 valence electrons. The molecule has 0 unspecified atom stereocenters. The number of anilines is 1. The van der Waals surface area contributed by atoms with Gasteiger partial charge in [0.1, 0.15) is 0 Å². The number of nitrogens with two attached hydrogens (primary N) is 1. The summed E-state index contributed by atoms with van der Waals surface area (Å²) in [4.78, 5) is 11.8. The average molecular weight is 337 g/mol. The van der Waals surface area contributed by atoms with Crippen LogP contribution < -0.4 is 35.3 Å².